The van der Waals surface area contributed by atoms with Gasteiger partial charge < -0.3 is 4.90 Å². The van der Waals surface area contributed by atoms with Crippen molar-refractivity contribution in [3.8, 4) is 0 Å². The lowest BCUT2D eigenvalue weighted by molar-refractivity contribution is 0.0965. The fourth-order valence-electron chi connectivity index (χ4n) is 2.90. The number of allylic oxidation sites excluding steroid dienone is 2. The van der Waals surface area contributed by atoms with Crippen molar-refractivity contribution < 1.29 is 4.79 Å². The van der Waals surface area contributed by atoms with Crippen molar-refractivity contribution in [2.45, 2.75) is 38.5 Å². The Balaban J connectivity index is 1.60. The zero-order chi connectivity index (χ0) is 16.2. The van der Waals surface area contributed by atoms with E-state index in [-0.39, 0.29) is 12.3 Å². The molecule has 5 nitrogen and oxygen atoms in total. The minimum absolute atomic E-state index is 0.0235. The molecule has 0 unspecified atom stereocenters. The molecule has 0 amide bonds. The van der Waals surface area contributed by atoms with Gasteiger partial charge in [0.2, 0.25) is 0 Å². The van der Waals surface area contributed by atoms with Gasteiger partial charge in [-0.25, -0.2) is 4.98 Å². The van der Waals surface area contributed by atoms with Gasteiger partial charge in [-0.3, -0.25) is 10.2 Å². The molecule has 5 heteroatoms. The molecule has 1 aromatic heterocycles. The van der Waals surface area contributed by atoms with Crippen LogP contribution in [-0.4, -0.2) is 27.9 Å². The Bertz CT molecular complexity index is 636. The summed E-state index contributed by atoms with van der Waals surface area (Å²) in [6.07, 6.45) is 7.92. The Hall–Kier alpha value is -2.43. The van der Waals surface area contributed by atoms with E-state index < -0.39 is 0 Å². The van der Waals surface area contributed by atoms with Gasteiger partial charge in [0, 0.05) is 28.9 Å². The maximum Gasteiger partial charge on any atom is 0.184 e. The highest BCUT2D eigenvalue weighted by Crippen LogP contribution is 2.27. The molecule has 1 aliphatic heterocycles. The Kier molecular flexibility index (Phi) is 4.55. The monoisotopic (exact) mass is 310 g/mol. The number of nitrogens with one attached hydrogen (secondary N) is 1. The quantitative estimate of drug-likeness (QED) is 0.665. The summed E-state index contributed by atoms with van der Waals surface area (Å²) in [5, 5.41) is 4.36. The SMILES string of the molecule is C=C1CCC(=C)N1CC(=O)c1ccc(NN=C2CCCC2)nc1. The lowest BCUT2D eigenvalue weighted by atomic mass is 10.2. The van der Waals surface area contributed by atoms with Crippen molar-refractivity contribution in [2.75, 3.05) is 12.0 Å². The molecule has 0 bridgehead atoms. The molecule has 0 atom stereocenters. The van der Waals surface area contributed by atoms with Crippen LogP contribution in [-0.2, 0) is 0 Å². The predicted molar refractivity (Wildman–Crippen MR) is 92.3 cm³/mol. The molecule has 23 heavy (non-hydrogen) atoms. The van der Waals surface area contributed by atoms with E-state index in [1.807, 2.05) is 4.90 Å². The number of anilines is 1. The molecule has 1 N–H and O–H groups in total. The standard InChI is InChI=1S/C18H22N4O/c1-13-7-8-14(2)22(13)12-17(23)15-9-10-18(19-11-15)21-20-16-5-3-4-6-16/h9-11H,1-8,12H2,(H,19,21). The number of carbonyl (C=O) groups is 1. The van der Waals surface area contributed by atoms with Gasteiger partial charge in [0.15, 0.2) is 5.78 Å². The Morgan fingerprint density at radius 3 is 2.48 bits per heavy atom. The van der Waals surface area contributed by atoms with Crippen LogP contribution in [0.3, 0.4) is 0 Å². The summed E-state index contributed by atoms with van der Waals surface area (Å²) in [4.78, 5) is 18.5. The third kappa shape index (κ3) is 3.67. The zero-order valence-corrected chi connectivity index (χ0v) is 13.3. The van der Waals surface area contributed by atoms with Crippen LogP contribution in [0.2, 0.25) is 0 Å². The molecule has 1 saturated heterocycles. The van der Waals surface area contributed by atoms with Crippen molar-refractivity contribution in [1.29, 1.82) is 0 Å². The van der Waals surface area contributed by atoms with E-state index in [1.165, 1.54) is 18.6 Å². The summed E-state index contributed by atoms with van der Waals surface area (Å²) in [5.41, 5.74) is 6.67. The van der Waals surface area contributed by atoms with E-state index in [4.69, 9.17) is 0 Å². The maximum absolute atomic E-state index is 12.4. The molecule has 3 rings (SSSR count). The Morgan fingerprint density at radius 1 is 1.17 bits per heavy atom. The number of hydrazone groups is 1. The molecule has 0 spiro atoms. The molecule has 1 saturated carbocycles. The number of carbonyl (C=O) groups excluding carboxylic acids is 1. The van der Waals surface area contributed by atoms with Crippen molar-refractivity contribution in [1.82, 2.24) is 9.88 Å². The average molecular weight is 310 g/mol. The molecule has 2 aliphatic rings. The Labute approximate surface area is 136 Å². The van der Waals surface area contributed by atoms with Crippen molar-refractivity contribution in [3.63, 3.8) is 0 Å². The molecule has 2 heterocycles. The smallest absolute Gasteiger partial charge is 0.184 e. The maximum atomic E-state index is 12.4. The normalized spacial score (nSPS) is 17.7. The first kappa shape index (κ1) is 15.5. The number of aromatic nitrogens is 1. The first-order valence-electron chi connectivity index (χ1n) is 8.07. The van der Waals surface area contributed by atoms with E-state index in [1.54, 1.807) is 18.3 Å². The zero-order valence-electron chi connectivity index (χ0n) is 13.3. The number of pyridine rings is 1. The van der Waals surface area contributed by atoms with Gasteiger partial charge in [0.05, 0.1) is 6.54 Å². The van der Waals surface area contributed by atoms with Crippen molar-refractivity contribution in [3.05, 3.63) is 48.4 Å². The fraction of sp³-hybridized carbons (Fsp3) is 0.389. The second-order valence-electron chi connectivity index (χ2n) is 6.07. The molecule has 120 valence electrons. The minimum Gasteiger partial charge on any atom is -0.342 e. The number of nitrogens with zero attached hydrogens (tertiary/aromatic N) is 3. The lowest BCUT2D eigenvalue weighted by Crippen LogP contribution is -2.24. The molecule has 0 aromatic carbocycles. The van der Waals surface area contributed by atoms with Gasteiger partial charge in [0.25, 0.3) is 0 Å². The number of Topliss-reactive ketones (excluding diaryl/α,β-unsaturated/α-hetero) is 1. The molecule has 2 fully saturated rings. The predicted octanol–water partition coefficient (Wildman–Crippen LogP) is 3.73. The minimum atomic E-state index is 0.0235. The van der Waals surface area contributed by atoms with E-state index in [9.17, 15) is 4.79 Å². The summed E-state index contributed by atoms with van der Waals surface area (Å²) in [6.45, 7) is 8.25. The van der Waals surface area contributed by atoms with Crippen LogP contribution in [0.15, 0.2) is 48.0 Å². The molecule has 1 aliphatic carbocycles. The second-order valence-corrected chi connectivity index (χ2v) is 6.07. The lowest BCUT2D eigenvalue weighted by Gasteiger charge is -2.19. The van der Waals surface area contributed by atoms with Gasteiger partial charge in [-0.05, 0) is 50.7 Å². The number of ketones is 1. The summed E-state index contributed by atoms with van der Waals surface area (Å²) in [5.74, 6) is 0.686. The van der Waals surface area contributed by atoms with Crippen LogP contribution in [0.1, 0.15) is 48.9 Å². The molecular formula is C18H22N4O. The molecular weight excluding hydrogens is 288 g/mol. The molecule has 1 aromatic rings. The number of likely N-dealkylation sites (tertiary alicyclic amines) is 1. The van der Waals surface area contributed by atoms with Crippen LogP contribution in [0.4, 0.5) is 5.82 Å². The third-order valence-corrected chi connectivity index (χ3v) is 4.36. The second kappa shape index (κ2) is 6.77. The fourth-order valence-corrected chi connectivity index (χ4v) is 2.90. The summed E-state index contributed by atoms with van der Waals surface area (Å²) in [7, 11) is 0. The first-order valence-corrected chi connectivity index (χ1v) is 8.07. The third-order valence-electron chi connectivity index (χ3n) is 4.36. The van der Waals surface area contributed by atoms with Gasteiger partial charge in [-0.1, -0.05) is 13.2 Å². The van der Waals surface area contributed by atoms with Gasteiger partial charge in [-0.15, -0.1) is 0 Å². The van der Waals surface area contributed by atoms with Crippen LogP contribution >= 0.6 is 0 Å². The highest BCUT2D eigenvalue weighted by molar-refractivity contribution is 5.97. The summed E-state index contributed by atoms with van der Waals surface area (Å²) in [6, 6.07) is 3.58. The van der Waals surface area contributed by atoms with Crippen LogP contribution in [0.25, 0.3) is 0 Å². The van der Waals surface area contributed by atoms with E-state index >= 15 is 0 Å². The van der Waals surface area contributed by atoms with Crippen LogP contribution in [0, 0.1) is 0 Å². The highest BCUT2D eigenvalue weighted by atomic mass is 16.1. The van der Waals surface area contributed by atoms with Crippen LogP contribution < -0.4 is 5.43 Å². The number of hydrogen-bond donors (Lipinski definition) is 1. The van der Waals surface area contributed by atoms with Gasteiger partial charge >= 0.3 is 0 Å². The van der Waals surface area contributed by atoms with Crippen molar-refractivity contribution >= 4 is 17.3 Å². The average Bonchev–Trinajstić information content (AvgIpc) is 3.18. The van der Waals surface area contributed by atoms with E-state index in [0.717, 1.165) is 37.1 Å². The largest absolute Gasteiger partial charge is 0.342 e. The number of rotatable bonds is 5. The number of hydrogen-bond acceptors (Lipinski definition) is 5. The van der Waals surface area contributed by atoms with Crippen LogP contribution in [0.5, 0.6) is 0 Å². The van der Waals surface area contributed by atoms with E-state index in [0.29, 0.717) is 11.4 Å². The molecule has 0 radical (unpaired) electrons. The highest BCUT2D eigenvalue weighted by Gasteiger charge is 2.22. The van der Waals surface area contributed by atoms with Gasteiger partial charge in [0.1, 0.15) is 5.82 Å². The summed E-state index contributed by atoms with van der Waals surface area (Å²) < 4.78 is 0. The Morgan fingerprint density at radius 2 is 1.87 bits per heavy atom. The topological polar surface area (TPSA) is 57.6 Å². The van der Waals surface area contributed by atoms with Gasteiger partial charge in [-0.2, -0.15) is 5.10 Å². The van der Waals surface area contributed by atoms with E-state index in [2.05, 4.69) is 28.7 Å². The van der Waals surface area contributed by atoms with Crippen molar-refractivity contribution in [2.24, 2.45) is 5.10 Å². The summed E-state index contributed by atoms with van der Waals surface area (Å²) >= 11 is 0. The first-order chi connectivity index (χ1) is 11.1.